The van der Waals surface area contributed by atoms with Crippen molar-refractivity contribution >= 4 is 0 Å². The highest BCUT2D eigenvalue weighted by Gasteiger charge is 2.38. The molecule has 0 aromatic rings. The fraction of sp³-hybridized carbons (Fsp3) is 0.846. The highest BCUT2D eigenvalue weighted by atomic mass is 15.2. The first kappa shape index (κ1) is 11.2. The number of allylic oxidation sites excluding steroid dienone is 1. The van der Waals surface area contributed by atoms with E-state index in [4.69, 9.17) is 5.73 Å². The molecule has 3 atom stereocenters. The van der Waals surface area contributed by atoms with Crippen molar-refractivity contribution in [3.8, 4) is 0 Å². The predicted octanol–water partition coefficient (Wildman–Crippen LogP) is 2.01. The Bertz CT molecular complexity index is 215. The molecule has 86 valence electrons. The minimum atomic E-state index is 0.480. The van der Waals surface area contributed by atoms with Crippen LogP contribution in [0.1, 0.15) is 32.1 Å². The van der Waals surface area contributed by atoms with Gasteiger partial charge in [0.15, 0.2) is 0 Å². The molecule has 0 spiro atoms. The van der Waals surface area contributed by atoms with Gasteiger partial charge in [0.05, 0.1) is 0 Å². The van der Waals surface area contributed by atoms with E-state index in [1.807, 2.05) is 6.08 Å². The molecule has 2 nitrogen and oxygen atoms in total. The quantitative estimate of drug-likeness (QED) is 0.565. The molecule has 3 unspecified atom stereocenters. The number of nitrogens with zero attached hydrogens (tertiary/aromatic N) is 1. The fourth-order valence-corrected chi connectivity index (χ4v) is 3.25. The molecule has 2 rings (SSSR count). The minimum absolute atomic E-state index is 0.480. The third-order valence-electron chi connectivity index (χ3n) is 4.11. The van der Waals surface area contributed by atoms with Gasteiger partial charge in [-0.3, -0.25) is 0 Å². The maximum Gasteiger partial charge on any atom is 0.00825 e. The summed E-state index contributed by atoms with van der Waals surface area (Å²) < 4.78 is 0. The van der Waals surface area contributed by atoms with Crippen LogP contribution in [0.25, 0.3) is 0 Å². The molecule has 1 aliphatic carbocycles. The van der Waals surface area contributed by atoms with E-state index in [0.717, 1.165) is 18.3 Å². The number of rotatable bonds is 4. The molecule has 1 saturated carbocycles. The summed E-state index contributed by atoms with van der Waals surface area (Å²) in [5.74, 6) is 1.69. The maximum absolute atomic E-state index is 6.19. The highest BCUT2D eigenvalue weighted by molar-refractivity contribution is 4.93. The normalized spacial score (nSPS) is 36.5. The Labute approximate surface area is 93.5 Å². The minimum Gasteiger partial charge on any atom is -0.327 e. The van der Waals surface area contributed by atoms with Crippen molar-refractivity contribution in [2.24, 2.45) is 17.6 Å². The van der Waals surface area contributed by atoms with Crippen LogP contribution >= 0.6 is 0 Å². The van der Waals surface area contributed by atoms with E-state index >= 15 is 0 Å². The van der Waals surface area contributed by atoms with Crippen LogP contribution in [-0.2, 0) is 0 Å². The number of nitrogens with two attached hydrogens (primary N) is 1. The Hall–Kier alpha value is -0.340. The standard InChI is InChI=1S/C13H24N2/c1-2-3-4-8-15-9-11-6-5-7-13(14)12(11)10-15/h2,11-13H,1,3-10,14H2. The smallest absolute Gasteiger partial charge is 0.00825 e. The van der Waals surface area contributed by atoms with E-state index in [-0.39, 0.29) is 0 Å². The van der Waals surface area contributed by atoms with Crippen molar-refractivity contribution in [3.05, 3.63) is 12.7 Å². The molecule has 1 heterocycles. The van der Waals surface area contributed by atoms with Crippen LogP contribution in [0.15, 0.2) is 12.7 Å². The van der Waals surface area contributed by atoms with Gasteiger partial charge in [-0.2, -0.15) is 0 Å². The van der Waals surface area contributed by atoms with Gasteiger partial charge in [-0.05, 0) is 44.1 Å². The Morgan fingerprint density at radius 2 is 2.20 bits per heavy atom. The molecule has 2 heteroatoms. The van der Waals surface area contributed by atoms with Crippen molar-refractivity contribution in [2.45, 2.75) is 38.1 Å². The van der Waals surface area contributed by atoms with Gasteiger partial charge in [0.25, 0.3) is 0 Å². The van der Waals surface area contributed by atoms with Crippen molar-refractivity contribution < 1.29 is 0 Å². The van der Waals surface area contributed by atoms with E-state index < -0.39 is 0 Å². The molecular weight excluding hydrogens is 184 g/mol. The second-order valence-electron chi connectivity index (χ2n) is 5.21. The van der Waals surface area contributed by atoms with Crippen LogP contribution in [0.3, 0.4) is 0 Å². The van der Waals surface area contributed by atoms with Gasteiger partial charge in [-0.15, -0.1) is 6.58 Å². The topological polar surface area (TPSA) is 29.3 Å². The first-order valence-electron chi connectivity index (χ1n) is 6.40. The van der Waals surface area contributed by atoms with Crippen LogP contribution in [0.4, 0.5) is 0 Å². The lowest BCUT2D eigenvalue weighted by Gasteiger charge is -2.29. The third-order valence-corrected chi connectivity index (χ3v) is 4.11. The van der Waals surface area contributed by atoms with Gasteiger partial charge in [-0.1, -0.05) is 12.5 Å². The summed E-state index contributed by atoms with van der Waals surface area (Å²) in [5.41, 5.74) is 6.19. The van der Waals surface area contributed by atoms with Crippen LogP contribution in [0.2, 0.25) is 0 Å². The summed E-state index contributed by atoms with van der Waals surface area (Å²) in [7, 11) is 0. The van der Waals surface area contributed by atoms with Crippen molar-refractivity contribution in [1.29, 1.82) is 0 Å². The molecule has 1 saturated heterocycles. The Balaban J connectivity index is 1.79. The maximum atomic E-state index is 6.19. The summed E-state index contributed by atoms with van der Waals surface area (Å²) in [6, 6.07) is 0.480. The van der Waals surface area contributed by atoms with Gasteiger partial charge in [0.1, 0.15) is 0 Å². The van der Waals surface area contributed by atoms with E-state index in [1.165, 1.54) is 45.3 Å². The largest absolute Gasteiger partial charge is 0.327 e. The zero-order valence-electron chi connectivity index (χ0n) is 9.70. The fourth-order valence-electron chi connectivity index (χ4n) is 3.25. The van der Waals surface area contributed by atoms with Crippen LogP contribution < -0.4 is 5.73 Å². The zero-order valence-corrected chi connectivity index (χ0v) is 9.70. The van der Waals surface area contributed by atoms with E-state index in [9.17, 15) is 0 Å². The van der Waals surface area contributed by atoms with E-state index in [2.05, 4.69) is 11.5 Å². The monoisotopic (exact) mass is 208 g/mol. The molecule has 0 radical (unpaired) electrons. The lowest BCUT2D eigenvalue weighted by Crippen LogP contribution is -2.38. The lowest BCUT2D eigenvalue weighted by atomic mass is 9.78. The number of fused-ring (bicyclic) bond motifs is 1. The number of hydrogen-bond donors (Lipinski definition) is 1. The third kappa shape index (κ3) is 2.61. The SMILES string of the molecule is C=CCCCN1CC2CCCC(N)C2C1. The summed E-state index contributed by atoms with van der Waals surface area (Å²) >= 11 is 0. The van der Waals surface area contributed by atoms with E-state index in [0.29, 0.717) is 6.04 Å². The average Bonchev–Trinajstić information content (AvgIpc) is 2.63. The second-order valence-corrected chi connectivity index (χ2v) is 5.21. The Morgan fingerprint density at radius 1 is 1.33 bits per heavy atom. The molecule has 0 aromatic carbocycles. The molecule has 15 heavy (non-hydrogen) atoms. The Morgan fingerprint density at radius 3 is 2.93 bits per heavy atom. The summed E-state index contributed by atoms with van der Waals surface area (Å²) in [5, 5.41) is 0. The molecule has 2 aliphatic rings. The predicted molar refractivity (Wildman–Crippen MR) is 64.7 cm³/mol. The molecule has 0 amide bonds. The first-order chi connectivity index (χ1) is 7.31. The summed E-state index contributed by atoms with van der Waals surface area (Å²) in [6.45, 7) is 7.57. The van der Waals surface area contributed by atoms with E-state index in [1.54, 1.807) is 0 Å². The first-order valence-corrected chi connectivity index (χ1v) is 6.40. The van der Waals surface area contributed by atoms with Gasteiger partial charge in [0, 0.05) is 19.1 Å². The Kier molecular flexibility index (Phi) is 3.81. The average molecular weight is 208 g/mol. The zero-order chi connectivity index (χ0) is 10.7. The molecule has 0 bridgehead atoms. The molecular formula is C13H24N2. The summed E-state index contributed by atoms with van der Waals surface area (Å²) in [6.07, 6.45) is 8.45. The van der Waals surface area contributed by atoms with Crippen LogP contribution in [-0.4, -0.2) is 30.6 Å². The van der Waals surface area contributed by atoms with Gasteiger partial charge < -0.3 is 10.6 Å². The van der Waals surface area contributed by atoms with Crippen molar-refractivity contribution in [3.63, 3.8) is 0 Å². The highest BCUT2D eigenvalue weighted by Crippen LogP contribution is 2.35. The van der Waals surface area contributed by atoms with Crippen LogP contribution in [0.5, 0.6) is 0 Å². The molecule has 1 aliphatic heterocycles. The van der Waals surface area contributed by atoms with Gasteiger partial charge in [0.2, 0.25) is 0 Å². The van der Waals surface area contributed by atoms with Gasteiger partial charge in [-0.25, -0.2) is 0 Å². The molecule has 2 fully saturated rings. The number of hydrogen-bond acceptors (Lipinski definition) is 2. The lowest BCUT2D eigenvalue weighted by molar-refractivity contribution is 0.259. The van der Waals surface area contributed by atoms with Crippen molar-refractivity contribution in [1.82, 2.24) is 4.90 Å². The molecule has 2 N–H and O–H groups in total. The van der Waals surface area contributed by atoms with Crippen LogP contribution in [0, 0.1) is 11.8 Å². The van der Waals surface area contributed by atoms with Gasteiger partial charge >= 0.3 is 0 Å². The number of likely N-dealkylation sites (tertiary alicyclic amines) is 1. The second kappa shape index (κ2) is 5.13. The van der Waals surface area contributed by atoms with Crippen molar-refractivity contribution in [2.75, 3.05) is 19.6 Å². The summed E-state index contributed by atoms with van der Waals surface area (Å²) in [4.78, 5) is 2.62. The number of unbranched alkanes of at least 4 members (excludes halogenated alkanes) is 1. The molecule has 0 aromatic heterocycles.